The molecule has 33 heavy (non-hydrogen) atoms. The first-order valence-electron chi connectivity index (χ1n) is 11.6. The lowest BCUT2D eigenvalue weighted by Gasteiger charge is -2.31. The normalized spacial score (nSPS) is 19.4. The van der Waals surface area contributed by atoms with Crippen molar-refractivity contribution in [2.75, 3.05) is 0 Å². The largest absolute Gasteiger partial charge is 0.354 e. The lowest BCUT2D eigenvalue weighted by molar-refractivity contribution is 0.370. The molecule has 1 heterocycles. The predicted octanol–water partition coefficient (Wildman–Crippen LogP) is 5.26. The van der Waals surface area contributed by atoms with Gasteiger partial charge in [-0.15, -0.1) is 34.2 Å². The average molecular weight is 559 g/mol. The Morgan fingerprint density at radius 3 is 2.24 bits per heavy atom. The van der Waals surface area contributed by atoms with Gasteiger partial charge in [-0.05, 0) is 56.6 Å². The van der Waals surface area contributed by atoms with Gasteiger partial charge in [0.2, 0.25) is 0 Å². The summed E-state index contributed by atoms with van der Waals surface area (Å²) < 4.78 is 1.99. The summed E-state index contributed by atoms with van der Waals surface area (Å²) in [7, 11) is 1.98. The van der Waals surface area contributed by atoms with Gasteiger partial charge in [-0.1, -0.05) is 60.7 Å². The number of aromatic nitrogens is 3. The molecular formula is C26H35IN6. The van der Waals surface area contributed by atoms with E-state index in [9.17, 15) is 0 Å². The minimum absolute atomic E-state index is 0. The van der Waals surface area contributed by atoms with E-state index < -0.39 is 0 Å². The van der Waals surface area contributed by atoms with Crippen molar-refractivity contribution in [2.45, 2.75) is 64.1 Å². The fraction of sp³-hybridized carbons (Fsp3) is 0.423. The van der Waals surface area contributed by atoms with Crippen molar-refractivity contribution < 1.29 is 0 Å². The first kappa shape index (κ1) is 25.2. The second-order valence-corrected chi connectivity index (χ2v) is 8.77. The summed E-state index contributed by atoms with van der Waals surface area (Å²) in [6.45, 7) is 4.62. The Bertz CT molecular complexity index is 1010. The van der Waals surface area contributed by atoms with Gasteiger partial charge in [0.15, 0.2) is 11.8 Å². The molecule has 0 aliphatic heterocycles. The standard InChI is InChI=1S/C26H34N6.HI/c1-19(21-10-6-4-7-11-21)28-26(27-18-25-31-30-20(2)32(25)3)29-24-16-14-23(15-17-24)22-12-8-5-9-13-22;/h4-13,19,23-24H,14-18H2,1-3H3,(H2,27,28,29);1H. The van der Waals surface area contributed by atoms with Gasteiger partial charge in [0.05, 0.1) is 6.04 Å². The van der Waals surface area contributed by atoms with Gasteiger partial charge in [-0.3, -0.25) is 0 Å². The van der Waals surface area contributed by atoms with E-state index >= 15 is 0 Å². The molecule has 1 fully saturated rings. The molecule has 1 unspecified atom stereocenters. The number of hydrogen-bond donors (Lipinski definition) is 2. The van der Waals surface area contributed by atoms with E-state index in [1.807, 2.05) is 24.6 Å². The lowest BCUT2D eigenvalue weighted by Crippen LogP contribution is -2.45. The molecule has 3 aromatic rings. The van der Waals surface area contributed by atoms with Crippen LogP contribution in [0, 0.1) is 6.92 Å². The van der Waals surface area contributed by atoms with E-state index in [-0.39, 0.29) is 30.0 Å². The Labute approximate surface area is 214 Å². The van der Waals surface area contributed by atoms with Gasteiger partial charge in [-0.25, -0.2) is 4.99 Å². The molecule has 0 saturated heterocycles. The van der Waals surface area contributed by atoms with E-state index in [0.717, 1.165) is 30.5 Å². The van der Waals surface area contributed by atoms with Gasteiger partial charge >= 0.3 is 0 Å². The molecule has 6 nitrogen and oxygen atoms in total. The highest BCUT2D eigenvalue weighted by Gasteiger charge is 2.23. The number of aliphatic imine (C=N–C) groups is 1. The Kier molecular flexibility index (Phi) is 9.29. The van der Waals surface area contributed by atoms with Crippen molar-refractivity contribution in [3.8, 4) is 0 Å². The van der Waals surface area contributed by atoms with E-state index in [0.29, 0.717) is 18.5 Å². The maximum atomic E-state index is 4.88. The van der Waals surface area contributed by atoms with E-state index in [1.54, 1.807) is 0 Å². The molecule has 2 aromatic carbocycles. The number of nitrogens with one attached hydrogen (secondary N) is 2. The van der Waals surface area contributed by atoms with E-state index in [4.69, 9.17) is 4.99 Å². The van der Waals surface area contributed by atoms with Gasteiger partial charge in [-0.2, -0.15) is 0 Å². The quantitative estimate of drug-likeness (QED) is 0.246. The minimum atomic E-state index is 0. The van der Waals surface area contributed by atoms with Gasteiger partial charge in [0.25, 0.3) is 0 Å². The van der Waals surface area contributed by atoms with Crippen LogP contribution in [-0.4, -0.2) is 26.8 Å². The third-order valence-electron chi connectivity index (χ3n) is 6.55. The van der Waals surface area contributed by atoms with Gasteiger partial charge < -0.3 is 15.2 Å². The first-order chi connectivity index (χ1) is 15.6. The van der Waals surface area contributed by atoms with Crippen molar-refractivity contribution in [1.82, 2.24) is 25.4 Å². The zero-order valence-corrected chi connectivity index (χ0v) is 22.1. The Balaban J connectivity index is 0.00000306. The monoisotopic (exact) mass is 558 g/mol. The SMILES string of the molecule is Cc1nnc(CN=C(NC2CCC(c3ccccc3)CC2)NC(C)c2ccccc2)n1C.I. The number of nitrogens with zero attached hydrogens (tertiary/aromatic N) is 4. The number of rotatable bonds is 6. The van der Waals surface area contributed by atoms with Crippen molar-refractivity contribution in [3.63, 3.8) is 0 Å². The van der Waals surface area contributed by atoms with Gasteiger partial charge in [0, 0.05) is 13.1 Å². The summed E-state index contributed by atoms with van der Waals surface area (Å²) in [4.78, 5) is 4.88. The van der Waals surface area contributed by atoms with Crippen molar-refractivity contribution in [3.05, 3.63) is 83.4 Å². The van der Waals surface area contributed by atoms with Crippen molar-refractivity contribution in [2.24, 2.45) is 12.0 Å². The van der Waals surface area contributed by atoms with E-state index in [1.165, 1.54) is 24.0 Å². The topological polar surface area (TPSA) is 67.1 Å². The predicted molar refractivity (Wildman–Crippen MR) is 145 cm³/mol. The van der Waals surface area contributed by atoms with Crippen molar-refractivity contribution in [1.29, 1.82) is 0 Å². The number of benzene rings is 2. The molecule has 4 rings (SSSR count). The molecule has 176 valence electrons. The Morgan fingerprint density at radius 1 is 1.00 bits per heavy atom. The molecule has 1 aliphatic carbocycles. The van der Waals surface area contributed by atoms with Crippen LogP contribution < -0.4 is 10.6 Å². The zero-order valence-electron chi connectivity index (χ0n) is 19.7. The van der Waals surface area contributed by atoms with Crippen molar-refractivity contribution >= 4 is 29.9 Å². The molecule has 2 N–H and O–H groups in total. The number of guanidine groups is 1. The highest BCUT2D eigenvalue weighted by molar-refractivity contribution is 14.0. The van der Waals surface area contributed by atoms with Crippen LogP contribution in [-0.2, 0) is 13.6 Å². The van der Waals surface area contributed by atoms with Crippen LogP contribution in [0.2, 0.25) is 0 Å². The van der Waals surface area contributed by atoms with E-state index in [2.05, 4.69) is 82.4 Å². The average Bonchev–Trinajstić information content (AvgIpc) is 3.16. The number of hydrogen-bond acceptors (Lipinski definition) is 3. The second-order valence-electron chi connectivity index (χ2n) is 8.77. The highest BCUT2D eigenvalue weighted by atomic mass is 127. The van der Waals surface area contributed by atoms with Crippen LogP contribution >= 0.6 is 24.0 Å². The molecule has 0 spiro atoms. The number of halogens is 1. The van der Waals surface area contributed by atoms with Crippen LogP contribution in [0.3, 0.4) is 0 Å². The first-order valence-corrected chi connectivity index (χ1v) is 11.6. The molecule has 1 saturated carbocycles. The summed E-state index contributed by atoms with van der Waals surface area (Å²) in [5.74, 6) is 3.26. The summed E-state index contributed by atoms with van der Waals surface area (Å²) in [5.41, 5.74) is 2.71. The highest BCUT2D eigenvalue weighted by Crippen LogP contribution is 2.32. The molecule has 0 bridgehead atoms. The summed E-state index contributed by atoms with van der Waals surface area (Å²) >= 11 is 0. The smallest absolute Gasteiger partial charge is 0.192 e. The molecule has 1 aliphatic rings. The molecule has 7 heteroatoms. The summed E-state index contributed by atoms with van der Waals surface area (Å²) in [6.07, 6.45) is 4.68. The fourth-order valence-electron chi connectivity index (χ4n) is 4.39. The zero-order chi connectivity index (χ0) is 22.3. The number of aryl methyl sites for hydroxylation is 1. The van der Waals surface area contributed by atoms with Crippen LogP contribution in [0.15, 0.2) is 65.7 Å². The van der Waals surface area contributed by atoms with Crippen LogP contribution in [0.1, 0.15) is 67.3 Å². The van der Waals surface area contributed by atoms with Crippen LogP contribution in [0.25, 0.3) is 0 Å². The maximum Gasteiger partial charge on any atom is 0.192 e. The van der Waals surface area contributed by atoms with Crippen LogP contribution in [0.4, 0.5) is 0 Å². The third kappa shape index (κ3) is 6.79. The second kappa shape index (κ2) is 12.2. The third-order valence-corrected chi connectivity index (χ3v) is 6.55. The molecule has 0 radical (unpaired) electrons. The summed E-state index contributed by atoms with van der Waals surface area (Å²) in [5, 5.41) is 15.7. The molecule has 1 aromatic heterocycles. The minimum Gasteiger partial charge on any atom is -0.354 e. The van der Waals surface area contributed by atoms with Gasteiger partial charge in [0.1, 0.15) is 12.4 Å². The Hall–Kier alpha value is -2.42. The lowest BCUT2D eigenvalue weighted by atomic mass is 9.82. The summed E-state index contributed by atoms with van der Waals surface area (Å²) in [6, 6.07) is 22.0. The molecular weight excluding hydrogens is 523 g/mol. The fourth-order valence-corrected chi connectivity index (χ4v) is 4.39. The maximum absolute atomic E-state index is 4.88. The Morgan fingerprint density at radius 2 is 1.64 bits per heavy atom. The molecule has 0 amide bonds. The molecule has 1 atom stereocenters. The van der Waals surface area contributed by atoms with Crippen LogP contribution in [0.5, 0.6) is 0 Å².